The summed E-state index contributed by atoms with van der Waals surface area (Å²) in [5.41, 5.74) is 2.52. The van der Waals surface area contributed by atoms with Gasteiger partial charge in [-0.2, -0.15) is 0 Å². The Morgan fingerprint density at radius 1 is 1.26 bits per heavy atom. The van der Waals surface area contributed by atoms with Crippen LogP contribution in [0.5, 0.6) is 0 Å². The number of benzene rings is 1. The minimum atomic E-state index is 0.774. The number of rotatable bonds is 7. The van der Waals surface area contributed by atoms with E-state index < -0.39 is 0 Å². The maximum absolute atomic E-state index is 6.42. The zero-order chi connectivity index (χ0) is 13.2. The molecule has 1 aromatic carbocycles. The monoisotopic (exact) mass is 278 g/mol. The van der Waals surface area contributed by atoms with E-state index in [-0.39, 0.29) is 0 Å². The predicted octanol–water partition coefficient (Wildman–Crippen LogP) is 3.83. The van der Waals surface area contributed by atoms with Crippen LogP contribution in [-0.4, -0.2) is 19.1 Å². The first-order chi connectivity index (χ1) is 9.28. The SMILES string of the molecule is CCNCc1ccc(N(CC2CC2)C2CC2)cc1Cl. The lowest BCUT2D eigenvalue weighted by atomic mass is 10.1. The second kappa shape index (κ2) is 5.72. The fraction of sp³-hybridized carbons (Fsp3) is 0.625. The molecule has 2 saturated carbocycles. The summed E-state index contributed by atoms with van der Waals surface area (Å²) in [6.07, 6.45) is 5.53. The van der Waals surface area contributed by atoms with Gasteiger partial charge in [-0.25, -0.2) is 0 Å². The number of nitrogens with one attached hydrogen (secondary N) is 1. The van der Waals surface area contributed by atoms with Crippen molar-refractivity contribution in [2.24, 2.45) is 5.92 Å². The largest absolute Gasteiger partial charge is 0.368 e. The summed E-state index contributed by atoms with van der Waals surface area (Å²) in [4.78, 5) is 2.58. The second-order valence-corrected chi connectivity index (χ2v) is 6.29. The van der Waals surface area contributed by atoms with Gasteiger partial charge in [0.1, 0.15) is 0 Å². The molecule has 2 aliphatic carbocycles. The van der Waals surface area contributed by atoms with Crippen molar-refractivity contribution < 1.29 is 0 Å². The highest BCUT2D eigenvalue weighted by molar-refractivity contribution is 6.31. The van der Waals surface area contributed by atoms with Gasteiger partial charge in [0.2, 0.25) is 0 Å². The minimum Gasteiger partial charge on any atom is -0.368 e. The van der Waals surface area contributed by atoms with Crippen molar-refractivity contribution in [3.63, 3.8) is 0 Å². The molecular weight excluding hydrogens is 256 g/mol. The number of hydrogen-bond donors (Lipinski definition) is 1. The van der Waals surface area contributed by atoms with Crippen LogP contribution in [0.1, 0.15) is 38.2 Å². The molecule has 0 bridgehead atoms. The Bertz CT molecular complexity index is 438. The lowest BCUT2D eigenvalue weighted by Gasteiger charge is -2.25. The molecule has 0 radical (unpaired) electrons. The molecule has 2 aliphatic rings. The molecule has 0 spiro atoms. The quantitative estimate of drug-likeness (QED) is 0.815. The summed E-state index contributed by atoms with van der Waals surface area (Å²) in [7, 11) is 0. The first kappa shape index (κ1) is 13.3. The van der Waals surface area contributed by atoms with E-state index in [1.807, 2.05) is 0 Å². The van der Waals surface area contributed by atoms with Crippen molar-refractivity contribution in [1.82, 2.24) is 5.32 Å². The topological polar surface area (TPSA) is 15.3 Å². The van der Waals surface area contributed by atoms with E-state index in [9.17, 15) is 0 Å². The molecule has 0 amide bonds. The lowest BCUT2D eigenvalue weighted by molar-refractivity contribution is 0.715. The summed E-state index contributed by atoms with van der Waals surface area (Å²) in [6.45, 7) is 5.19. The van der Waals surface area contributed by atoms with Gasteiger partial charge in [-0.3, -0.25) is 0 Å². The molecule has 0 atom stereocenters. The van der Waals surface area contributed by atoms with Crippen LogP contribution in [0.2, 0.25) is 5.02 Å². The van der Waals surface area contributed by atoms with Gasteiger partial charge in [-0.15, -0.1) is 0 Å². The van der Waals surface area contributed by atoms with Gasteiger partial charge in [0.05, 0.1) is 0 Å². The predicted molar refractivity (Wildman–Crippen MR) is 81.9 cm³/mol. The van der Waals surface area contributed by atoms with E-state index in [2.05, 4.69) is 35.3 Å². The maximum atomic E-state index is 6.42. The summed E-state index contributed by atoms with van der Waals surface area (Å²) in [5.74, 6) is 0.931. The van der Waals surface area contributed by atoms with Crippen LogP contribution in [0.25, 0.3) is 0 Å². The minimum absolute atomic E-state index is 0.774. The van der Waals surface area contributed by atoms with Crippen molar-refractivity contribution >= 4 is 17.3 Å². The van der Waals surface area contributed by atoms with E-state index in [1.165, 1.54) is 43.5 Å². The normalized spacial score (nSPS) is 18.6. The van der Waals surface area contributed by atoms with E-state index in [0.29, 0.717) is 0 Å². The Morgan fingerprint density at radius 2 is 2.05 bits per heavy atom. The molecule has 19 heavy (non-hydrogen) atoms. The zero-order valence-corrected chi connectivity index (χ0v) is 12.4. The average Bonchev–Trinajstić information content (AvgIpc) is 3.27. The van der Waals surface area contributed by atoms with Crippen molar-refractivity contribution in [1.29, 1.82) is 0 Å². The maximum Gasteiger partial charge on any atom is 0.0471 e. The van der Waals surface area contributed by atoms with Gasteiger partial charge < -0.3 is 10.2 Å². The molecule has 0 heterocycles. The average molecular weight is 279 g/mol. The van der Waals surface area contributed by atoms with Crippen LogP contribution in [0, 0.1) is 5.92 Å². The molecule has 2 fully saturated rings. The number of halogens is 1. The molecule has 0 saturated heterocycles. The van der Waals surface area contributed by atoms with Gasteiger partial charge in [-0.05, 0) is 55.8 Å². The molecular formula is C16H23ClN2. The van der Waals surface area contributed by atoms with Crippen molar-refractivity contribution in [2.75, 3.05) is 18.0 Å². The molecule has 0 aromatic heterocycles. The molecule has 3 rings (SSSR count). The van der Waals surface area contributed by atoms with Crippen LogP contribution >= 0.6 is 11.6 Å². The summed E-state index contributed by atoms with van der Waals surface area (Å²) >= 11 is 6.42. The van der Waals surface area contributed by atoms with Gasteiger partial charge >= 0.3 is 0 Å². The molecule has 104 valence electrons. The zero-order valence-electron chi connectivity index (χ0n) is 11.7. The van der Waals surface area contributed by atoms with Crippen molar-refractivity contribution in [2.45, 2.75) is 45.2 Å². The van der Waals surface area contributed by atoms with E-state index >= 15 is 0 Å². The Kier molecular flexibility index (Phi) is 3.99. The van der Waals surface area contributed by atoms with Crippen molar-refractivity contribution in [3.8, 4) is 0 Å². The highest BCUT2D eigenvalue weighted by atomic mass is 35.5. The van der Waals surface area contributed by atoms with Gasteiger partial charge in [-0.1, -0.05) is 24.6 Å². The summed E-state index contributed by atoms with van der Waals surface area (Å²) < 4.78 is 0. The number of nitrogens with zero attached hydrogens (tertiary/aromatic N) is 1. The van der Waals surface area contributed by atoms with E-state index in [0.717, 1.165) is 30.1 Å². The molecule has 0 aliphatic heterocycles. The summed E-state index contributed by atoms with van der Waals surface area (Å²) in [6, 6.07) is 7.37. The summed E-state index contributed by atoms with van der Waals surface area (Å²) in [5, 5.41) is 4.24. The van der Waals surface area contributed by atoms with E-state index in [4.69, 9.17) is 11.6 Å². The molecule has 0 unspecified atom stereocenters. The van der Waals surface area contributed by atoms with E-state index in [1.54, 1.807) is 0 Å². The van der Waals surface area contributed by atoms with Crippen LogP contribution in [-0.2, 0) is 6.54 Å². The Balaban J connectivity index is 1.73. The van der Waals surface area contributed by atoms with Crippen LogP contribution in [0.4, 0.5) is 5.69 Å². The Morgan fingerprint density at radius 3 is 2.63 bits per heavy atom. The number of hydrogen-bond acceptors (Lipinski definition) is 2. The first-order valence-electron chi connectivity index (χ1n) is 7.53. The van der Waals surface area contributed by atoms with Gasteiger partial charge in [0, 0.05) is 29.8 Å². The Labute approximate surface area is 121 Å². The molecule has 1 aromatic rings. The molecule has 3 heteroatoms. The van der Waals surface area contributed by atoms with Gasteiger partial charge in [0.15, 0.2) is 0 Å². The fourth-order valence-electron chi connectivity index (χ4n) is 2.55. The second-order valence-electron chi connectivity index (χ2n) is 5.88. The third-order valence-corrected chi connectivity index (χ3v) is 4.43. The standard InChI is InChI=1S/C16H23ClN2/c1-2-18-10-13-5-6-15(9-16(13)17)19(14-7-8-14)11-12-3-4-12/h5-6,9,12,14,18H,2-4,7-8,10-11H2,1H3. The van der Waals surface area contributed by atoms with Crippen molar-refractivity contribution in [3.05, 3.63) is 28.8 Å². The highest BCUT2D eigenvalue weighted by Crippen LogP contribution is 2.38. The molecule has 2 nitrogen and oxygen atoms in total. The third-order valence-electron chi connectivity index (χ3n) is 4.07. The number of anilines is 1. The fourth-order valence-corrected chi connectivity index (χ4v) is 2.79. The van der Waals surface area contributed by atoms with Crippen LogP contribution in [0.15, 0.2) is 18.2 Å². The van der Waals surface area contributed by atoms with Gasteiger partial charge in [0.25, 0.3) is 0 Å². The Hall–Kier alpha value is -0.730. The third kappa shape index (κ3) is 3.43. The smallest absolute Gasteiger partial charge is 0.0471 e. The lowest BCUT2D eigenvalue weighted by Crippen LogP contribution is -2.28. The van der Waals surface area contributed by atoms with Crippen LogP contribution in [0.3, 0.4) is 0 Å². The molecule has 1 N–H and O–H groups in total. The van der Waals surface area contributed by atoms with Crippen LogP contribution < -0.4 is 10.2 Å². The first-order valence-corrected chi connectivity index (χ1v) is 7.91. The highest BCUT2D eigenvalue weighted by Gasteiger charge is 2.33.